The van der Waals surface area contributed by atoms with E-state index in [2.05, 4.69) is 0 Å². The van der Waals surface area contributed by atoms with Crippen LogP contribution in [0.25, 0.3) is 0 Å². The number of anilines is 1. The average Bonchev–Trinajstić information content (AvgIpc) is 2.64. The van der Waals surface area contributed by atoms with Crippen LogP contribution in [0.4, 0.5) is 5.69 Å². The fourth-order valence-electron chi connectivity index (χ4n) is 2.09. The smallest absolute Gasteiger partial charge is 0.266 e. The van der Waals surface area contributed by atoms with Crippen molar-refractivity contribution in [1.82, 2.24) is 0 Å². The van der Waals surface area contributed by atoms with E-state index in [0.29, 0.717) is 16.1 Å². The van der Waals surface area contributed by atoms with Crippen molar-refractivity contribution in [1.29, 1.82) is 0 Å². The van der Waals surface area contributed by atoms with Gasteiger partial charge in [-0.15, -0.1) is 0 Å². The molecule has 0 spiro atoms. The zero-order chi connectivity index (χ0) is 13.6. The second-order valence-electron chi connectivity index (χ2n) is 4.12. The van der Waals surface area contributed by atoms with Crippen molar-refractivity contribution in [2.24, 2.45) is 0 Å². The molecule has 0 unspecified atom stereocenters. The van der Waals surface area contributed by atoms with Crippen molar-refractivity contribution in [3.8, 4) is 5.75 Å². The Labute approximate surface area is 113 Å². The lowest BCUT2D eigenvalue weighted by Crippen LogP contribution is -2.29. The molecule has 1 N–H and O–H groups in total. The molecule has 0 saturated heterocycles. The lowest BCUT2D eigenvalue weighted by Gasteiger charge is -2.15. The van der Waals surface area contributed by atoms with Crippen molar-refractivity contribution in [3.63, 3.8) is 0 Å². The van der Waals surface area contributed by atoms with Gasteiger partial charge in [-0.05, 0) is 24.3 Å². The number of hydrogen-bond acceptors (Lipinski definition) is 3. The zero-order valence-corrected chi connectivity index (χ0v) is 10.4. The SMILES string of the molecule is O=C1c2ccccc2C(=O)N1c1ccc(Cl)cc1O. The Hall–Kier alpha value is -2.33. The summed E-state index contributed by atoms with van der Waals surface area (Å²) in [7, 11) is 0. The number of phenolic OH excluding ortho intramolecular Hbond substituents is 1. The Kier molecular flexibility index (Phi) is 2.54. The first kappa shape index (κ1) is 11.7. The van der Waals surface area contributed by atoms with Crippen molar-refractivity contribution < 1.29 is 14.7 Å². The molecule has 1 aliphatic rings. The molecular formula is C14H8ClNO3. The summed E-state index contributed by atoms with van der Waals surface area (Å²) in [6.07, 6.45) is 0. The highest BCUT2D eigenvalue weighted by molar-refractivity contribution is 6.35. The van der Waals surface area contributed by atoms with Gasteiger partial charge in [-0.25, -0.2) is 4.90 Å². The molecule has 94 valence electrons. The number of fused-ring (bicyclic) bond motifs is 1. The van der Waals surface area contributed by atoms with Crippen LogP contribution in [-0.2, 0) is 0 Å². The largest absolute Gasteiger partial charge is 0.506 e. The number of halogens is 1. The van der Waals surface area contributed by atoms with Gasteiger partial charge >= 0.3 is 0 Å². The van der Waals surface area contributed by atoms with Crippen molar-refractivity contribution in [2.45, 2.75) is 0 Å². The molecule has 0 fully saturated rings. The molecule has 2 aromatic carbocycles. The van der Waals surface area contributed by atoms with E-state index in [4.69, 9.17) is 11.6 Å². The van der Waals surface area contributed by atoms with E-state index in [0.717, 1.165) is 4.90 Å². The van der Waals surface area contributed by atoms with E-state index in [1.807, 2.05) is 0 Å². The van der Waals surface area contributed by atoms with Crippen LogP contribution in [-0.4, -0.2) is 16.9 Å². The first-order valence-electron chi connectivity index (χ1n) is 5.56. The van der Waals surface area contributed by atoms with Crippen LogP contribution in [0.15, 0.2) is 42.5 Å². The molecule has 0 aliphatic carbocycles. The maximum Gasteiger partial charge on any atom is 0.266 e. The molecule has 2 amide bonds. The van der Waals surface area contributed by atoms with Gasteiger partial charge in [0.05, 0.1) is 16.8 Å². The quantitative estimate of drug-likeness (QED) is 0.813. The normalized spacial score (nSPS) is 13.8. The average molecular weight is 274 g/mol. The highest BCUT2D eigenvalue weighted by atomic mass is 35.5. The van der Waals surface area contributed by atoms with Crippen LogP contribution in [0, 0.1) is 0 Å². The number of rotatable bonds is 1. The number of carbonyl (C=O) groups excluding carboxylic acids is 2. The van der Waals surface area contributed by atoms with Crippen LogP contribution in [0.2, 0.25) is 5.02 Å². The van der Waals surface area contributed by atoms with Gasteiger partial charge in [-0.1, -0.05) is 23.7 Å². The van der Waals surface area contributed by atoms with Crippen LogP contribution in [0.5, 0.6) is 5.75 Å². The maximum atomic E-state index is 12.2. The van der Waals surface area contributed by atoms with Gasteiger partial charge in [-0.2, -0.15) is 0 Å². The Morgan fingerprint density at radius 1 is 0.947 bits per heavy atom. The number of hydrogen-bond donors (Lipinski definition) is 1. The van der Waals surface area contributed by atoms with E-state index >= 15 is 0 Å². The molecule has 0 bridgehead atoms. The van der Waals surface area contributed by atoms with E-state index in [-0.39, 0.29) is 11.4 Å². The lowest BCUT2D eigenvalue weighted by atomic mass is 10.1. The number of amides is 2. The van der Waals surface area contributed by atoms with Gasteiger partial charge in [0.2, 0.25) is 0 Å². The van der Waals surface area contributed by atoms with Crippen molar-refractivity contribution >= 4 is 29.1 Å². The molecule has 4 nitrogen and oxygen atoms in total. The van der Waals surface area contributed by atoms with E-state index in [1.165, 1.54) is 18.2 Å². The summed E-state index contributed by atoms with van der Waals surface area (Å²) in [5.74, 6) is -1.10. The molecule has 5 heteroatoms. The standard InChI is InChI=1S/C14H8ClNO3/c15-8-5-6-11(12(17)7-8)16-13(18)9-3-1-2-4-10(9)14(16)19/h1-7,17H. The maximum absolute atomic E-state index is 12.2. The summed E-state index contributed by atoms with van der Waals surface area (Å²) in [5, 5.41) is 10.2. The number of imide groups is 1. The minimum absolute atomic E-state index is 0.135. The predicted molar refractivity (Wildman–Crippen MR) is 70.7 cm³/mol. The minimum Gasteiger partial charge on any atom is -0.506 e. The van der Waals surface area contributed by atoms with Crippen LogP contribution >= 0.6 is 11.6 Å². The van der Waals surface area contributed by atoms with Crippen LogP contribution in [0.1, 0.15) is 20.7 Å². The summed E-state index contributed by atoms with van der Waals surface area (Å²) in [6, 6.07) is 10.8. The number of carbonyl (C=O) groups is 2. The molecule has 1 aliphatic heterocycles. The Bertz CT molecular complexity index is 677. The molecule has 19 heavy (non-hydrogen) atoms. The van der Waals surface area contributed by atoms with Crippen LogP contribution in [0.3, 0.4) is 0 Å². The number of benzene rings is 2. The lowest BCUT2D eigenvalue weighted by molar-refractivity contribution is 0.0925. The van der Waals surface area contributed by atoms with E-state index < -0.39 is 11.8 Å². The summed E-state index contributed by atoms with van der Waals surface area (Å²) >= 11 is 5.74. The third kappa shape index (κ3) is 1.69. The number of nitrogens with zero attached hydrogens (tertiary/aromatic N) is 1. The van der Waals surface area contributed by atoms with Gasteiger partial charge in [0.25, 0.3) is 11.8 Å². The molecule has 0 aromatic heterocycles. The third-order valence-electron chi connectivity index (χ3n) is 2.97. The monoisotopic (exact) mass is 273 g/mol. The van der Waals surface area contributed by atoms with Crippen molar-refractivity contribution in [2.75, 3.05) is 4.90 Å². The number of phenols is 1. The predicted octanol–water partition coefficient (Wildman–Crippen LogP) is 2.85. The zero-order valence-electron chi connectivity index (χ0n) is 9.63. The first-order valence-corrected chi connectivity index (χ1v) is 5.94. The van der Waals surface area contributed by atoms with Gasteiger partial charge < -0.3 is 5.11 Å². The molecule has 1 heterocycles. The fourth-order valence-corrected chi connectivity index (χ4v) is 2.26. The fraction of sp³-hybridized carbons (Fsp3) is 0. The Morgan fingerprint density at radius 3 is 2.05 bits per heavy atom. The summed E-state index contributed by atoms with van der Waals surface area (Å²) in [4.78, 5) is 25.4. The van der Waals surface area contributed by atoms with Crippen LogP contribution < -0.4 is 4.90 Å². The molecule has 2 aromatic rings. The Morgan fingerprint density at radius 2 is 1.53 bits per heavy atom. The van der Waals surface area contributed by atoms with E-state index in [1.54, 1.807) is 24.3 Å². The Balaban J connectivity index is 2.14. The molecule has 0 saturated carbocycles. The highest BCUT2D eigenvalue weighted by Gasteiger charge is 2.37. The molecule has 3 rings (SSSR count). The summed E-state index contributed by atoms with van der Waals surface area (Å²) < 4.78 is 0. The second kappa shape index (κ2) is 4.10. The molecule has 0 atom stereocenters. The van der Waals surface area contributed by atoms with E-state index in [9.17, 15) is 14.7 Å². The van der Waals surface area contributed by atoms with Crippen molar-refractivity contribution in [3.05, 3.63) is 58.6 Å². The first-order chi connectivity index (χ1) is 9.09. The van der Waals surface area contributed by atoms with Gasteiger partial charge in [0.15, 0.2) is 0 Å². The third-order valence-corrected chi connectivity index (χ3v) is 3.21. The number of aromatic hydroxyl groups is 1. The topological polar surface area (TPSA) is 57.6 Å². The summed E-state index contributed by atoms with van der Waals surface area (Å²) in [6.45, 7) is 0. The minimum atomic E-state index is -0.446. The van der Waals surface area contributed by atoms with Gasteiger partial charge in [0.1, 0.15) is 5.75 Å². The van der Waals surface area contributed by atoms with Gasteiger partial charge in [-0.3, -0.25) is 9.59 Å². The summed E-state index contributed by atoms with van der Waals surface area (Å²) in [5.41, 5.74) is 0.805. The molecular weight excluding hydrogens is 266 g/mol. The molecule has 0 radical (unpaired) electrons. The van der Waals surface area contributed by atoms with Gasteiger partial charge in [0, 0.05) is 11.1 Å². The highest BCUT2D eigenvalue weighted by Crippen LogP contribution is 2.35. The second-order valence-corrected chi connectivity index (χ2v) is 4.56.